The van der Waals surface area contributed by atoms with Gasteiger partial charge in [-0.2, -0.15) is 19.6 Å². The molecule has 0 amide bonds. The number of nitrogens with two attached hydrogens (primary N) is 1. The summed E-state index contributed by atoms with van der Waals surface area (Å²) in [6, 6.07) is 7.78. The number of carbonyl (C=O) groups is 1. The lowest BCUT2D eigenvalue weighted by atomic mass is 10.2. The number of halogens is 2. The third kappa shape index (κ3) is 5.16. The quantitative estimate of drug-likeness (QED) is 0.330. The monoisotopic (exact) mass is 528 g/mol. The second kappa shape index (κ2) is 10.5. The van der Waals surface area contributed by atoms with Crippen LogP contribution in [0.25, 0.3) is 17.1 Å². The zero-order valence-corrected chi connectivity index (χ0v) is 20.5. The van der Waals surface area contributed by atoms with Gasteiger partial charge in [0.2, 0.25) is 11.9 Å². The molecule has 0 bridgehead atoms. The molecule has 0 aliphatic carbocycles. The van der Waals surface area contributed by atoms with Gasteiger partial charge in [-0.1, -0.05) is 0 Å². The Balaban J connectivity index is 1.18. The molecular weight excluding hydrogens is 502 g/mol. The zero-order chi connectivity index (χ0) is 26.8. The first-order chi connectivity index (χ1) is 18.3. The molecule has 14 heteroatoms. The van der Waals surface area contributed by atoms with Crippen molar-refractivity contribution >= 4 is 29.2 Å². The van der Waals surface area contributed by atoms with Crippen molar-refractivity contribution in [2.75, 3.05) is 68.5 Å². The molecule has 200 valence electrons. The van der Waals surface area contributed by atoms with Crippen molar-refractivity contribution in [1.29, 1.82) is 0 Å². The molecule has 3 aromatic heterocycles. The average Bonchev–Trinajstić information content (AvgIpc) is 3.58. The largest absolute Gasteiger partial charge is 0.479 e. The van der Waals surface area contributed by atoms with Gasteiger partial charge < -0.3 is 29.8 Å². The minimum atomic E-state index is -1.32. The number of hydrogen-bond acceptors (Lipinski definition) is 10. The topological polar surface area (TPSA) is 138 Å². The number of likely N-dealkylation sites (N-methyl/N-ethyl adjacent to an activating group) is 1. The van der Waals surface area contributed by atoms with Crippen molar-refractivity contribution in [3.8, 4) is 17.2 Å². The van der Waals surface area contributed by atoms with Crippen LogP contribution < -0.4 is 20.3 Å². The van der Waals surface area contributed by atoms with Gasteiger partial charge in [0, 0.05) is 52.4 Å². The number of nitrogens with zero attached hydrogens (tertiary/aromatic N) is 7. The fourth-order valence-corrected chi connectivity index (χ4v) is 4.25. The average molecular weight is 529 g/mol. The second-order valence-corrected chi connectivity index (χ2v) is 8.80. The smallest absolute Gasteiger partial charge is 0.341 e. The molecule has 0 atom stereocenters. The van der Waals surface area contributed by atoms with E-state index in [0.29, 0.717) is 62.3 Å². The van der Waals surface area contributed by atoms with E-state index >= 15 is 0 Å². The summed E-state index contributed by atoms with van der Waals surface area (Å²) in [6.07, 6.45) is 1.57. The predicted molar refractivity (Wildman–Crippen MR) is 134 cm³/mol. The van der Waals surface area contributed by atoms with Crippen LogP contribution in [-0.2, 0) is 4.79 Å². The third-order valence-electron chi connectivity index (χ3n) is 6.28. The number of anilines is 3. The van der Waals surface area contributed by atoms with E-state index < -0.39 is 30.0 Å². The molecule has 5 rings (SSSR count). The second-order valence-electron chi connectivity index (χ2n) is 8.80. The standard InChI is InChI=1S/C24H26F2N8O4/c1-31(24-28-19-13-16(18-3-2-12-37-18)30-34(19)23(27)29-24)6-7-32-8-10-33(11-9-32)17-5-4-15(25)22(21(17)26)38-14-20(35)36/h2-5,12-13H,6-11,14H2,1H3,(H,35,36)(H2,27,28,29). The Labute approximate surface area is 215 Å². The SMILES string of the molecule is CN(CCN1CCN(c2ccc(F)c(OCC(=O)O)c2F)CC1)c1nc(N)n2nc(-c3ccco3)cc2n1. The Bertz CT molecular complexity index is 1440. The number of benzene rings is 1. The van der Waals surface area contributed by atoms with Gasteiger partial charge in [-0.3, -0.25) is 4.90 Å². The summed E-state index contributed by atoms with van der Waals surface area (Å²) in [7, 11) is 1.87. The fourth-order valence-electron chi connectivity index (χ4n) is 4.25. The normalized spacial score (nSPS) is 14.2. The van der Waals surface area contributed by atoms with Crippen molar-refractivity contribution in [2.45, 2.75) is 0 Å². The number of aliphatic carboxylic acids is 1. The van der Waals surface area contributed by atoms with Crippen molar-refractivity contribution in [3.63, 3.8) is 0 Å². The molecule has 1 aliphatic rings. The van der Waals surface area contributed by atoms with Gasteiger partial charge >= 0.3 is 5.97 Å². The zero-order valence-electron chi connectivity index (χ0n) is 20.5. The van der Waals surface area contributed by atoms with Gasteiger partial charge in [0.15, 0.2) is 35.4 Å². The number of piperazine rings is 1. The summed E-state index contributed by atoms with van der Waals surface area (Å²) in [5.41, 5.74) is 7.45. The lowest BCUT2D eigenvalue weighted by Gasteiger charge is -2.37. The third-order valence-corrected chi connectivity index (χ3v) is 6.28. The number of fused-ring (bicyclic) bond motifs is 1. The first-order valence-electron chi connectivity index (χ1n) is 11.9. The highest BCUT2D eigenvalue weighted by molar-refractivity contribution is 5.68. The molecule has 1 fully saturated rings. The summed E-state index contributed by atoms with van der Waals surface area (Å²) in [5.74, 6) is -2.57. The van der Waals surface area contributed by atoms with Crippen molar-refractivity contribution < 1.29 is 27.8 Å². The van der Waals surface area contributed by atoms with E-state index in [-0.39, 0.29) is 11.6 Å². The summed E-state index contributed by atoms with van der Waals surface area (Å²) in [4.78, 5) is 25.6. The predicted octanol–water partition coefficient (Wildman–Crippen LogP) is 1.97. The minimum Gasteiger partial charge on any atom is -0.479 e. The van der Waals surface area contributed by atoms with Crippen molar-refractivity contribution in [1.82, 2.24) is 24.5 Å². The van der Waals surface area contributed by atoms with E-state index in [1.165, 1.54) is 10.6 Å². The van der Waals surface area contributed by atoms with Crippen LogP contribution in [0.5, 0.6) is 5.75 Å². The highest BCUT2D eigenvalue weighted by atomic mass is 19.1. The molecular formula is C24H26F2N8O4. The van der Waals surface area contributed by atoms with Gasteiger partial charge in [0.05, 0.1) is 12.0 Å². The van der Waals surface area contributed by atoms with Crippen LogP contribution >= 0.6 is 0 Å². The molecule has 0 radical (unpaired) electrons. The molecule has 4 heterocycles. The molecule has 1 saturated heterocycles. The summed E-state index contributed by atoms with van der Waals surface area (Å²) in [6.45, 7) is 2.80. The van der Waals surface area contributed by atoms with Gasteiger partial charge in [-0.15, -0.1) is 0 Å². The maximum absolute atomic E-state index is 14.9. The van der Waals surface area contributed by atoms with E-state index in [2.05, 4.69) is 20.0 Å². The molecule has 0 unspecified atom stereocenters. The molecule has 38 heavy (non-hydrogen) atoms. The van der Waals surface area contributed by atoms with Gasteiger partial charge in [0.25, 0.3) is 0 Å². The van der Waals surface area contributed by atoms with Crippen molar-refractivity contribution in [3.05, 3.63) is 48.2 Å². The van der Waals surface area contributed by atoms with Crippen LogP contribution in [-0.4, -0.2) is 88.5 Å². The van der Waals surface area contributed by atoms with Crippen LogP contribution in [0.1, 0.15) is 0 Å². The Morgan fingerprint density at radius 2 is 2.00 bits per heavy atom. The van der Waals surface area contributed by atoms with E-state index in [1.807, 2.05) is 11.9 Å². The Kier molecular flexibility index (Phi) is 6.96. The van der Waals surface area contributed by atoms with Crippen molar-refractivity contribution in [2.24, 2.45) is 0 Å². The molecule has 0 saturated carbocycles. The highest BCUT2D eigenvalue weighted by Gasteiger charge is 2.24. The van der Waals surface area contributed by atoms with E-state index in [4.69, 9.17) is 20.0 Å². The first kappa shape index (κ1) is 25.2. The summed E-state index contributed by atoms with van der Waals surface area (Å²) in [5, 5.41) is 13.2. The van der Waals surface area contributed by atoms with Crippen LogP contribution in [0.4, 0.5) is 26.4 Å². The van der Waals surface area contributed by atoms with Crippen LogP contribution in [0.15, 0.2) is 41.0 Å². The molecule has 0 spiro atoms. The maximum atomic E-state index is 14.9. The Morgan fingerprint density at radius 3 is 2.71 bits per heavy atom. The lowest BCUT2D eigenvalue weighted by Crippen LogP contribution is -2.48. The van der Waals surface area contributed by atoms with E-state index in [1.54, 1.807) is 29.4 Å². The van der Waals surface area contributed by atoms with Gasteiger partial charge in [-0.25, -0.2) is 13.6 Å². The number of furan rings is 1. The number of ether oxygens (including phenoxy) is 1. The number of nitrogen functional groups attached to an aromatic ring is 1. The number of carboxylic acid groups (broad SMARTS) is 1. The lowest BCUT2D eigenvalue weighted by molar-refractivity contribution is -0.139. The summed E-state index contributed by atoms with van der Waals surface area (Å²) >= 11 is 0. The number of carboxylic acids is 1. The van der Waals surface area contributed by atoms with Crippen LogP contribution in [0.2, 0.25) is 0 Å². The van der Waals surface area contributed by atoms with Gasteiger partial charge in [-0.05, 0) is 24.3 Å². The summed E-state index contributed by atoms with van der Waals surface area (Å²) < 4.78 is 40.5. The fraction of sp³-hybridized carbons (Fsp3) is 0.333. The number of hydrogen-bond donors (Lipinski definition) is 2. The molecule has 3 N–H and O–H groups in total. The molecule has 4 aromatic rings. The van der Waals surface area contributed by atoms with Crippen LogP contribution in [0.3, 0.4) is 0 Å². The minimum absolute atomic E-state index is 0.176. The number of aromatic nitrogens is 4. The molecule has 12 nitrogen and oxygen atoms in total. The Hall–Kier alpha value is -4.46. The highest BCUT2D eigenvalue weighted by Crippen LogP contribution is 2.31. The molecule has 1 aliphatic heterocycles. The van der Waals surface area contributed by atoms with Crippen LogP contribution in [0, 0.1) is 11.6 Å². The van der Waals surface area contributed by atoms with E-state index in [0.717, 1.165) is 6.07 Å². The Morgan fingerprint density at radius 1 is 1.21 bits per heavy atom. The maximum Gasteiger partial charge on any atom is 0.341 e. The van der Waals surface area contributed by atoms with Gasteiger partial charge in [0.1, 0.15) is 5.69 Å². The molecule has 1 aromatic carbocycles. The number of rotatable bonds is 9. The first-order valence-corrected chi connectivity index (χ1v) is 11.9. The van der Waals surface area contributed by atoms with E-state index in [9.17, 15) is 13.6 Å².